The third-order valence-corrected chi connectivity index (χ3v) is 4.34. The van der Waals surface area contributed by atoms with Gasteiger partial charge in [0.15, 0.2) is 11.5 Å². The Balaban J connectivity index is 1.82. The molecule has 3 rings (SSSR count). The van der Waals surface area contributed by atoms with Crippen molar-refractivity contribution in [3.63, 3.8) is 0 Å². The number of amides is 2. The van der Waals surface area contributed by atoms with E-state index < -0.39 is 17.8 Å². The monoisotopic (exact) mass is 420 g/mol. The molecule has 158 valence electrons. The van der Waals surface area contributed by atoms with Crippen molar-refractivity contribution in [2.75, 3.05) is 25.3 Å². The number of nitrogens with one attached hydrogen (secondary N) is 1. The van der Waals surface area contributed by atoms with E-state index in [1.165, 1.54) is 25.3 Å². The zero-order valence-corrected chi connectivity index (χ0v) is 17.0. The van der Waals surface area contributed by atoms with Crippen LogP contribution in [0.4, 0.5) is 5.69 Å². The number of carbonyl (C=O) groups excluding carboxylic acids is 3. The summed E-state index contributed by atoms with van der Waals surface area (Å²) < 4.78 is 15.6. The predicted molar refractivity (Wildman–Crippen MR) is 113 cm³/mol. The molecule has 1 aliphatic heterocycles. The smallest absolute Gasteiger partial charge is 0.338 e. The van der Waals surface area contributed by atoms with E-state index in [-0.39, 0.29) is 18.8 Å². The van der Waals surface area contributed by atoms with Crippen LogP contribution >= 0.6 is 0 Å². The molecular formula is C23H20N2O6. The Bertz CT molecular complexity index is 1080. The third kappa shape index (κ3) is 4.67. The summed E-state index contributed by atoms with van der Waals surface area (Å²) in [5.41, 5.74) is 3.79. The Labute approximate surface area is 179 Å². The number of benzene rings is 2. The van der Waals surface area contributed by atoms with Crippen LogP contribution in [0.5, 0.6) is 11.5 Å². The lowest BCUT2D eigenvalue weighted by molar-refractivity contribution is -0.117. The number of esters is 1. The van der Waals surface area contributed by atoms with Gasteiger partial charge in [-0.3, -0.25) is 15.0 Å². The molecule has 2 amide bonds. The van der Waals surface area contributed by atoms with E-state index in [9.17, 15) is 14.4 Å². The second kappa shape index (κ2) is 9.50. The Morgan fingerprint density at radius 3 is 2.55 bits per heavy atom. The molecule has 8 heteroatoms. The lowest BCUT2D eigenvalue weighted by atomic mass is 10.1. The van der Waals surface area contributed by atoms with Gasteiger partial charge in [-0.1, -0.05) is 12.0 Å². The number of nitrogens with zero attached hydrogens (tertiary/aromatic N) is 1. The molecule has 31 heavy (non-hydrogen) atoms. The highest BCUT2D eigenvalue weighted by atomic mass is 16.5. The number of hydrogen-bond donors (Lipinski definition) is 1. The highest BCUT2D eigenvalue weighted by Gasteiger charge is 2.34. The van der Waals surface area contributed by atoms with Crippen LogP contribution < -0.4 is 19.9 Å². The van der Waals surface area contributed by atoms with Gasteiger partial charge in [0.1, 0.15) is 12.2 Å². The van der Waals surface area contributed by atoms with Gasteiger partial charge < -0.3 is 14.2 Å². The SMILES string of the molecule is C#CCOc1ccc(/C=C2\C(=O)NN(c3ccc(C(=O)OCC)cc3)C2=O)cc1OC. The molecule has 0 atom stereocenters. The number of anilines is 1. The molecule has 0 aliphatic carbocycles. The minimum Gasteiger partial charge on any atom is -0.493 e. The number of carbonyl (C=O) groups is 3. The maximum Gasteiger partial charge on any atom is 0.338 e. The molecule has 2 aromatic rings. The van der Waals surface area contributed by atoms with Crippen LogP contribution in [0.1, 0.15) is 22.8 Å². The maximum atomic E-state index is 12.8. The molecule has 1 aliphatic rings. The molecular weight excluding hydrogens is 400 g/mol. The van der Waals surface area contributed by atoms with Crippen molar-refractivity contribution in [2.24, 2.45) is 0 Å². The summed E-state index contributed by atoms with van der Waals surface area (Å²) >= 11 is 0. The fourth-order valence-corrected chi connectivity index (χ4v) is 2.88. The number of hydrogen-bond acceptors (Lipinski definition) is 6. The standard InChI is InChI=1S/C23H20N2O6/c1-4-12-31-19-11-6-15(14-20(19)29-3)13-18-21(26)24-25(22(18)27)17-9-7-16(8-10-17)23(28)30-5-2/h1,6-11,13-14H,5,12H2,2-3H3,(H,24,26)/b18-13+. The minimum absolute atomic E-state index is 0.0474. The van der Waals surface area contributed by atoms with E-state index in [0.29, 0.717) is 28.3 Å². The summed E-state index contributed by atoms with van der Waals surface area (Å²) in [6.07, 6.45) is 6.66. The summed E-state index contributed by atoms with van der Waals surface area (Å²) in [5.74, 6) is 1.70. The van der Waals surface area contributed by atoms with Crippen molar-refractivity contribution in [3.05, 3.63) is 59.2 Å². The number of methoxy groups -OCH3 is 1. The first-order valence-corrected chi connectivity index (χ1v) is 9.37. The van der Waals surface area contributed by atoms with E-state index >= 15 is 0 Å². The molecule has 0 saturated carbocycles. The van der Waals surface area contributed by atoms with Crippen molar-refractivity contribution in [1.82, 2.24) is 5.43 Å². The average Bonchev–Trinajstić information content (AvgIpc) is 3.06. The van der Waals surface area contributed by atoms with Crippen molar-refractivity contribution in [1.29, 1.82) is 0 Å². The van der Waals surface area contributed by atoms with Gasteiger partial charge in [0.2, 0.25) is 0 Å². The van der Waals surface area contributed by atoms with Gasteiger partial charge in [0.05, 0.1) is 25.0 Å². The highest BCUT2D eigenvalue weighted by Crippen LogP contribution is 2.30. The van der Waals surface area contributed by atoms with Gasteiger partial charge in [0, 0.05) is 0 Å². The predicted octanol–water partition coefficient (Wildman–Crippen LogP) is 2.35. The topological polar surface area (TPSA) is 94.2 Å². The van der Waals surface area contributed by atoms with Crippen LogP contribution in [0.3, 0.4) is 0 Å². The van der Waals surface area contributed by atoms with Crippen molar-refractivity contribution in [2.45, 2.75) is 6.92 Å². The molecule has 1 fully saturated rings. The zero-order chi connectivity index (χ0) is 22.4. The zero-order valence-electron chi connectivity index (χ0n) is 17.0. The molecule has 0 unspecified atom stereocenters. The fourth-order valence-electron chi connectivity index (χ4n) is 2.88. The number of ether oxygens (including phenoxy) is 3. The lowest BCUT2D eigenvalue weighted by Crippen LogP contribution is -2.35. The Morgan fingerprint density at radius 1 is 1.16 bits per heavy atom. The molecule has 0 bridgehead atoms. The van der Waals surface area contributed by atoms with Gasteiger partial charge >= 0.3 is 5.97 Å². The average molecular weight is 420 g/mol. The third-order valence-electron chi connectivity index (χ3n) is 4.34. The quantitative estimate of drug-likeness (QED) is 0.320. The minimum atomic E-state index is -0.550. The molecule has 8 nitrogen and oxygen atoms in total. The second-order valence-electron chi connectivity index (χ2n) is 6.31. The summed E-state index contributed by atoms with van der Waals surface area (Å²) in [5, 5.41) is 1.12. The van der Waals surface area contributed by atoms with E-state index in [0.717, 1.165) is 5.01 Å². The lowest BCUT2D eigenvalue weighted by Gasteiger charge is -2.14. The highest BCUT2D eigenvalue weighted by molar-refractivity contribution is 6.31. The van der Waals surface area contributed by atoms with Gasteiger partial charge in [-0.05, 0) is 55.0 Å². The van der Waals surface area contributed by atoms with E-state index in [1.54, 1.807) is 37.3 Å². The van der Waals surface area contributed by atoms with Gasteiger partial charge in [-0.15, -0.1) is 6.42 Å². The first-order valence-electron chi connectivity index (χ1n) is 9.37. The van der Waals surface area contributed by atoms with Crippen molar-refractivity contribution >= 4 is 29.5 Å². The van der Waals surface area contributed by atoms with E-state index in [2.05, 4.69) is 11.3 Å². The Kier molecular flexibility index (Phi) is 6.58. The van der Waals surface area contributed by atoms with Crippen LogP contribution in [-0.2, 0) is 14.3 Å². The van der Waals surface area contributed by atoms with Crippen LogP contribution in [0.15, 0.2) is 48.0 Å². The normalized spacial score (nSPS) is 14.2. The molecule has 0 radical (unpaired) electrons. The van der Waals surface area contributed by atoms with E-state index in [1.807, 2.05) is 0 Å². The van der Waals surface area contributed by atoms with Gasteiger partial charge in [0.25, 0.3) is 11.8 Å². The largest absolute Gasteiger partial charge is 0.493 e. The van der Waals surface area contributed by atoms with Crippen LogP contribution in [0.25, 0.3) is 6.08 Å². The Morgan fingerprint density at radius 2 is 1.90 bits per heavy atom. The Hall–Kier alpha value is -4.25. The van der Waals surface area contributed by atoms with Gasteiger partial charge in [-0.25, -0.2) is 9.80 Å². The summed E-state index contributed by atoms with van der Waals surface area (Å²) in [7, 11) is 1.48. The number of terminal acetylenes is 1. The first-order chi connectivity index (χ1) is 15.0. The fraction of sp³-hybridized carbons (Fsp3) is 0.174. The first kappa shape index (κ1) is 21.5. The summed E-state index contributed by atoms with van der Waals surface area (Å²) in [6.45, 7) is 2.06. The van der Waals surface area contributed by atoms with E-state index in [4.69, 9.17) is 20.6 Å². The molecule has 0 aromatic heterocycles. The van der Waals surface area contributed by atoms with Gasteiger partial charge in [-0.2, -0.15) is 0 Å². The van der Waals surface area contributed by atoms with Crippen LogP contribution in [0.2, 0.25) is 0 Å². The molecule has 1 N–H and O–H groups in total. The summed E-state index contributed by atoms with van der Waals surface area (Å²) in [6, 6.07) is 11.1. The molecule has 2 aromatic carbocycles. The van der Waals surface area contributed by atoms with Crippen molar-refractivity contribution in [3.8, 4) is 23.8 Å². The van der Waals surface area contributed by atoms with Crippen molar-refractivity contribution < 1.29 is 28.6 Å². The molecule has 0 spiro atoms. The number of rotatable bonds is 7. The number of hydrazine groups is 1. The second-order valence-corrected chi connectivity index (χ2v) is 6.31. The van der Waals surface area contributed by atoms with Crippen LogP contribution in [-0.4, -0.2) is 38.1 Å². The molecule has 1 heterocycles. The molecule has 1 saturated heterocycles. The summed E-state index contributed by atoms with van der Waals surface area (Å²) in [4.78, 5) is 37.0. The maximum absolute atomic E-state index is 12.8. The van der Waals surface area contributed by atoms with Crippen LogP contribution in [0, 0.1) is 12.3 Å².